The number of ether oxygens (including phenoxy) is 1. The topological polar surface area (TPSA) is 114 Å². The van der Waals surface area contributed by atoms with E-state index in [4.69, 9.17) is 4.74 Å². The Hall–Kier alpha value is -4.16. The molecule has 2 heterocycles. The van der Waals surface area contributed by atoms with Crippen LogP contribution in [0.5, 0.6) is 0 Å². The second kappa shape index (κ2) is 8.41. The van der Waals surface area contributed by atoms with Crippen LogP contribution in [0.1, 0.15) is 32.8 Å². The van der Waals surface area contributed by atoms with E-state index in [-0.39, 0.29) is 18.0 Å². The van der Waals surface area contributed by atoms with E-state index in [0.29, 0.717) is 34.3 Å². The normalized spacial score (nSPS) is 17.6. The van der Waals surface area contributed by atoms with Crippen LogP contribution in [0.25, 0.3) is 16.6 Å². The number of likely N-dealkylation sites (tertiary alicyclic amines) is 1. The Bertz CT molecular complexity index is 1350. The fourth-order valence-electron chi connectivity index (χ4n) is 3.71. The minimum Gasteiger partial charge on any atom is -0.464 e. The lowest BCUT2D eigenvalue weighted by Crippen LogP contribution is -2.37. The number of aliphatic hydroxyl groups is 1. The first-order valence-corrected chi connectivity index (χ1v) is 10.2. The summed E-state index contributed by atoms with van der Waals surface area (Å²) in [7, 11) is 4.41. The number of methoxy groups -OCH3 is 1. The molecular formula is C24H22N4O5. The molecule has 9 heteroatoms. The fraction of sp³-hybridized carbons (Fsp3) is 0.250. The molecule has 1 aromatic heterocycles. The van der Waals surface area contributed by atoms with Crippen LogP contribution in [0.4, 0.5) is 0 Å². The molecule has 9 nitrogen and oxygen atoms in total. The average Bonchev–Trinajstić information content (AvgIpc) is 3.35. The second-order valence-corrected chi connectivity index (χ2v) is 7.70. The maximum Gasteiger partial charge on any atom is 0.359 e. The van der Waals surface area contributed by atoms with Gasteiger partial charge in [-0.05, 0) is 36.4 Å². The van der Waals surface area contributed by atoms with Crippen molar-refractivity contribution in [2.45, 2.75) is 12.0 Å². The molecule has 1 saturated heterocycles. The van der Waals surface area contributed by atoms with Crippen molar-refractivity contribution in [1.29, 1.82) is 0 Å². The molecule has 168 valence electrons. The van der Waals surface area contributed by atoms with Gasteiger partial charge in [0.05, 0.1) is 18.3 Å². The standard InChI is InChI=1S/C24H22N4O5/c1-25-21(29)16-7-8-19-18(14-16)20(22(30)33-3)26-28(19)17-6-4-5-15(13-17)9-10-24(32)11-12-27(2)23(24)31/h4-8,13-14,32H,11-12H2,1-3H3,(H,25,29)/t24-/m0/s1. The van der Waals surface area contributed by atoms with Crippen LogP contribution >= 0.6 is 0 Å². The van der Waals surface area contributed by atoms with Crippen LogP contribution in [0.3, 0.4) is 0 Å². The summed E-state index contributed by atoms with van der Waals surface area (Å²) in [5, 5.41) is 18.0. The summed E-state index contributed by atoms with van der Waals surface area (Å²) in [5.41, 5.74) is 0.527. The monoisotopic (exact) mass is 446 g/mol. The molecule has 1 atom stereocenters. The lowest BCUT2D eigenvalue weighted by Gasteiger charge is -2.13. The average molecular weight is 446 g/mol. The zero-order valence-corrected chi connectivity index (χ0v) is 18.4. The molecule has 33 heavy (non-hydrogen) atoms. The molecule has 3 aromatic rings. The Morgan fingerprint density at radius 2 is 2.03 bits per heavy atom. The first-order chi connectivity index (χ1) is 15.8. The van der Waals surface area contributed by atoms with Gasteiger partial charge < -0.3 is 20.1 Å². The van der Waals surface area contributed by atoms with Gasteiger partial charge in [0.15, 0.2) is 5.69 Å². The molecule has 0 unspecified atom stereocenters. The zero-order valence-electron chi connectivity index (χ0n) is 18.4. The summed E-state index contributed by atoms with van der Waals surface area (Å²) in [6.45, 7) is 0.442. The number of hydrogen-bond donors (Lipinski definition) is 2. The number of amides is 2. The molecule has 2 amide bonds. The molecule has 0 bridgehead atoms. The van der Waals surface area contributed by atoms with Crippen molar-refractivity contribution >= 4 is 28.7 Å². The Balaban J connectivity index is 1.79. The van der Waals surface area contributed by atoms with Gasteiger partial charge in [-0.1, -0.05) is 17.9 Å². The third-order valence-electron chi connectivity index (χ3n) is 5.56. The van der Waals surface area contributed by atoms with Gasteiger partial charge in [0.25, 0.3) is 11.8 Å². The van der Waals surface area contributed by atoms with Crippen molar-refractivity contribution in [3.63, 3.8) is 0 Å². The van der Waals surface area contributed by atoms with E-state index < -0.39 is 17.5 Å². The molecule has 2 N–H and O–H groups in total. The van der Waals surface area contributed by atoms with Gasteiger partial charge >= 0.3 is 5.97 Å². The molecule has 1 aliphatic rings. The number of carbonyl (C=O) groups is 3. The molecule has 1 aliphatic heterocycles. The van der Waals surface area contributed by atoms with Crippen LogP contribution in [0.2, 0.25) is 0 Å². The van der Waals surface area contributed by atoms with Crippen molar-refractivity contribution in [2.75, 3.05) is 27.7 Å². The van der Waals surface area contributed by atoms with E-state index in [9.17, 15) is 19.5 Å². The maximum absolute atomic E-state index is 12.3. The minimum absolute atomic E-state index is 0.0728. The summed E-state index contributed by atoms with van der Waals surface area (Å²) in [4.78, 5) is 38.0. The number of esters is 1. The van der Waals surface area contributed by atoms with Crippen LogP contribution in [-0.2, 0) is 9.53 Å². The second-order valence-electron chi connectivity index (χ2n) is 7.70. The van der Waals surface area contributed by atoms with E-state index in [1.807, 2.05) is 0 Å². The van der Waals surface area contributed by atoms with Gasteiger partial charge in [-0.25, -0.2) is 9.48 Å². The number of nitrogens with zero attached hydrogens (tertiary/aromatic N) is 3. The lowest BCUT2D eigenvalue weighted by molar-refractivity contribution is -0.137. The third kappa shape index (κ3) is 3.92. The van der Waals surface area contributed by atoms with Crippen molar-refractivity contribution < 1.29 is 24.2 Å². The van der Waals surface area contributed by atoms with Crippen molar-refractivity contribution in [3.8, 4) is 17.5 Å². The summed E-state index contributed by atoms with van der Waals surface area (Å²) in [6, 6.07) is 12.0. The Kier molecular flexibility index (Phi) is 5.62. The highest BCUT2D eigenvalue weighted by Crippen LogP contribution is 2.25. The van der Waals surface area contributed by atoms with E-state index >= 15 is 0 Å². The maximum atomic E-state index is 12.3. The number of nitrogens with one attached hydrogen (secondary N) is 1. The van der Waals surface area contributed by atoms with E-state index in [1.165, 1.54) is 19.1 Å². The number of aromatic nitrogens is 2. The number of carbonyl (C=O) groups excluding carboxylic acids is 3. The molecule has 4 rings (SSSR count). The van der Waals surface area contributed by atoms with Crippen molar-refractivity contribution in [1.82, 2.24) is 20.0 Å². The van der Waals surface area contributed by atoms with Crippen LogP contribution in [0.15, 0.2) is 42.5 Å². The first kappa shape index (κ1) is 22.0. The number of benzene rings is 2. The third-order valence-corrected chi connectivity index (χ3v) is 5.56. The molecule has 0 saturated carbocycles. The quantitative estimate of drug-likeness (QED) is 0.460. The van der Waals surface area contributed by atoms with Crippen molar-refractivity contribution in [3.05, 3.63) is 59.3 Å². The highest BCUT2D eigenvalue weighted by molar-refractivity contribution is 6.05. The minimum atomic E-state index is -1.70. The van der Waals surface area contributed by atoms with Gasteiger partial charge in [-0.2, -0.15) is 5.10 Å². The predicted octanol–water partition coefficient (Wildman–Crippen LogP) is 1.12. The summed E-state index contributed by atoms with van der Waals surface area (Å²) in [5.74, 6) is 4.23. The Labute approximate surface area is 189 Å². The summed E-state index contributed by atoms with van der Waals surface area (Å²) >= 11 is 0. The van der Waals surface area contributed by atoms with Crippen LogP contribution in [0, 0.1) is 11.8 Å². The molecule has 0 spiro atoms. The zero-order chi connectivity index (χ0) is 23.8. The molecule has 0 aliphatic carbocycles. The lowest BCUT2D eigenvalue weighted by atomic mass is 10.0. The van der Waals surface area contributed by atoms with E-state index in [0.717, 1.165) is 0 Å². The molecular weight excluding hydrogens is 424 g/mol. The fourth-order valence-corrected chi connectivity index (χ4v) is 3.71. The Morgan fingerprint density at radius 3 is 2.70 bits per heavy atom. The molecule has 1 fully saturated rings. The van der Waals surface area contributed by atoms with Gasteiger partial charge in [-0.15, -0.1) is 0 Å². The number of likely N-dealkylation sites (N-methyl/N-ethyl adjacent to an activating group) is 1. The predicted molar refractivity (Wildman–Crippen MR) is 120 cm³/mol. The highest BCUT2D eigenvalue weighted by atomic mass is 16.5. The van der Waals surface area contributed by atoms with Gasteiger partial charge in [0.2, 0.25) is 5.60 Å². The number of fused-ring (bicyclic) bond motifs is 1. The Morgan fingerprint density at radius 1 is 1.24 bits per heavy atom. The van der Waals surface area contributed by atoms with E-state index in [2.05, 4.69) is 22.3 Å². The largest absolute Gasteiger partial charge is 0.464 e. The van der Waals surface area contributed by atoms with Crippen LogP contribution in [-0.4, -0.2) is 70.9 Å². The number of hydrogen-bond acceptors (Lipinski definition) is 6. The van der Waals surface area contributed by atoms with Gasteiger partial charge in [0.1, 0.15) is 0 Å². The highest BCUT2D eigenvalue weighted by Gasteiger charge is 2.42. The van der Waals surface area contributed by atoms with Gasteiger partial charge in [-0.3, -0.25) is 9.59 Å². The smallest absolute Gasteiger partial charge is 0.359 e. The number of rotatable bonds is 3. The first-order valence-electron chi connectivity index (χ1n) is 10.2. The summed E-state index contributed by atoms with van der Waals surface area (Å²) < 4.78 is 6.43. The molecule has 0 radical (unpaired) electrons. The summed E-state index contributed by atoms with van der Waals surface area (Å²) in [6.07, 6.45) is 0.245. The van der Waals surface area contributed by atoms with Crippen LogP contribution < -0.4 is 5.32 Å². The van der Waals surface area contributed by atoms with Gasteiger partial charge in [0, 0.05) is 43.6 Å². The molecule has 2 aromatic carbocycles. The van der Waals surface area contributed by atoms with E-state index in [1.54, 1.807) is 54.2 Å². The SMILES string of the molecule is CNC(=O)c1ccc2c(c1)c(C(=O)OC)nn2-c1cccc(C#C[C@]2(O)CCN(C)C2=O)c1. The van der Waals surface area contributed by atoms with Crippen molar-refractivity contribution in [2.24, 2.45) is 0 Å².